The molecule has 0 aliphatic heterocycles. The van der Waals surface area contributed by atoms with Crippen LogP contribution in [0.25, 0.3) is 0 Å². The van der Waals surface area contributed by atoms with Gasteiger partial charge in [-0.3, -0.25) is 4.79 Å². The molecular formula is C15H21NO2. The second kappa shape index (κ2) is 4.30. The van der Waals surface area contributed by atoms with Crippen LogP contribution in [0.5, 0.6) is 5.75 Å². The third-order valence-electron chi connectivity index (χ3n) is 3.57. The highest BCUT2D eigenvalue weighted by Crippen LogP contribution is 2.39. The molecule has 0 heterocycles. The molecule has 3 heteroatoms. The van der Waals surface area contributed by atoms with Crippen LogP contribution in [0.1, 0.15) is 39.7 Å². The Morgan fingerprint density at radius 2 is 2.00 bits per heavy atom. The summed E-state index contributed by atoms with van der Waals surface area (Å²) in [6, 6.07) is 5.40. The predicted octanol–water partition coefficient (Wildman–Crippen LogP) is 3.28. The minimum atomic E-state index is 0.0000496. The third-order valence-corrected chi connectivity index (χ3v) is 3.57. The molecular weight excluding hydrogens is 226 g/mol. The molecule has 1 fully saturated rings. The van der Waals surface area contributed by atoms with Crippen LogP contribution in [0.4, 0.5) is 5.69 Å². The van der Waals surface area contributed by atoms with Crippen LogP contribution >= 0.6 is 0 Å². The smallest absolute Gasteiger partial charge is 0.227 e. The largest absolute Gasteiger partial charge is 0.506 e. The Hall–Kier alpha value is -1.51. The van der Waals surface area contributed by atoms with Gasteiger partial charge in [-0.1, -0.05) is 33.8 Å². The van der Waals surface area contributed by atoms with Crippen LogP contribution < -0.4 is 5.32 Å². The van der Waals surface area contributed by atoms with Crippen molar-refractivity contribution in [3.05, 3.63) is 23.8 Å². The van der Waals surface area contributed by atoms with Gasteiger partial charge in [0.05, 0.1) is 5.69 Å². The highest BCUT2D eigenvalue weighted by molar-refractivity contribution is 5.95. The van der Waals surface area contributed by atoms with Gasteiger partial charge in [0, 0.05) is 5.92 Å². The molecule has 0 aromatic heterocycles. The lowest BCUT2D eigenvalue weighted by Gasteiger charge is -2.20. The molecule has 0 saturated heterocycles. The molecule has 18 heavy (non-hydrogen) atoms. The maximum Gasteiger partial charge on any atom is 0.227 e. The molecule has 1 aliphatic rings. The van der Waals surface area contributed by atoms with E-state index in [1.54, 1.807) is 6.07 Å². The lowest BCUT2D eigenvalue weighted by Crippen LogP contribution is -2.16. The maximum absolute atomic E-state index is 11.9. The first-order chi connectivity index (χ1) is 8.29. The van der Waals surface area contributed by atoms with Crippen LogP contribution in [0.3, 0.4) is 0 Å². The second-order valence-corrected chi connectivity index (χ2v) is 6.29. The van der Waals surface area contributed by atoms with Crippen molar-refractivity contribution in [2.24, 2.45) is 11.8 Å². The lowest BCUT2D eigenvalue weighted by molar-refractivity contribution is -0.117. The van der Waals surface area contributed by atoms with Gasteiger partial charge in [0.2, 0.25) is 5.91 Å². The summed E-state index contributed by atoms with van der Waals surface area (Å²) in [5, 5.41) is 12.6. The number of hydrogen-bond donors (Lipinski definition) is 2. The van der Waals surface area contributed by atoms with Crippen molar-refractivity contribution < 1.29 is 9.90 Å². The summed E-state index contributed by atoms with van der Waals surface area (Å²) in [7, 11) is 0. The molecule has 2 N–H and O–H groups in total. The highest BCUT2D eigenvalue weighted by Gasteiger charge is 2.39. The molecule has 1 aromatic carbocycles. The first-order valence-corrected chi connectivity index (χ1v) is 6.43. The Morgan fingerprint density at radius 1 is 1.39 bits per heavy atom. The van der Waals surface area contributed by atoms with E-state index >= 15 is 0 Å². The minimum Gasteiger partial charge on any atom is -0.506 e. The van der Waals surface area contributed by atoms with Crippen LogP contribution in [-0.4, -0.2) is 11.0 Å². The second-order valence-electron chi connectivity index (χ2n) is 6.29. The molecule has 2 rings (SSSR count). The number of anilines is 1. The molecule has 1 amide bonds. The molecule has 1 saturated carbocycles. The summed E-state index contributed by atoms with van der Waals surface area (Å²) in [4.78, 5) is 11.9. The van der Waals surface area contributed by atoms with E-state index in [1.807, 2.05) is 12.1 Å². The first-order valence-electron chi connectivity index (χ1n) is 6.43. The summed E-state index contributed by atoms with van der Waals surface area (Å²) >= 11 is 0. The summed E-state index contributed by atoms with van der Waals surface area (Å²) in [5.41, 5.74) is 1.62. The van der Waals surface area contributed by atoms with Crippen LogP contribution in [0.15, 0.2) is 18.2 Å². The molecule has 0 radical (unpaired) electrons. The number of carbonyl (C=O) groups is 1. The van der Waals surface area contributed by atoms with Crippen molar-refractivity contribution in [2.75, 3.05) is 5.32 Å². The highest BCUT2D eigenvalue weighted by atomic mass is 16.3. The van der Waals surface area contributed by atoms with Gasteiger partial charge >= 0.3 is 0 Å². The number of amides is 1. The van der Waals surface area contributed by atoms with Crippen LogP contribution in [-0.2, 0) is 10.2 Å². The molecule has 0 unspecified atom stereocenters. The summed E-state index contributed by atoms with van der Waals surface area (Å²) < 4.78 is 0. The van der Waals surface area contributed by atoms with E-state index in [4.69, 9.17) is 0 Å². The number of nitrogens with one attached hydrogen (secondary N) is 1. The first kappa shape index (κ1) is 12.9. The third kappa shape index (κ3) is 2.66. The number of rotatable bonds is 2. The van der Waals surface area contributed by atoms with Gasteiger partial charge in [-0.25, -0.2) is 0 Å². The van der Waals surface area contributed by atoms with E-state index < -0.39 is 0 Å². The van der Waals surface area contributed by atoms with Gasteiger partial charge in [0.15, 0.2) is 0 Å². The Labute approximate surface area is 108 Å². The van der Waals surface area contributed by atoms with Crippen molar-refractivity contribution in [3.8, 4) is 5.75 Å². The van der Waals surface area contributed by atoms with Crippen molar-refractivity contribution in [1.82, 2.24) is 0 Å². The van der Waals surface area contributed by atoms with E-state index in [0.29, 0.717) is 11.6 Å². The van der Waals surface area contributed by atoms with Crippen molar-refractivity contribution in [1.29, 1.82) is 0 Å². The fraction of sp³-hybridized carbons (Fsp3) is 0.533. The SMILES string of the molecule is C[C@@H]1C[C@@H]1C(=O)Nc1cc(C(C)(C)C)ccc1O. The predicted molar refractivity (Wildman–Crippen MR) is 72.7 cm³/mol. The Balaban J connectivity index is 2.19. The summed E-state index contributed by atoms with van der Waals surface area (Å²) in [5.74, 6) is 0.731. The summed E-state index contributed by atoms with van der Waals surface area (Å²) in [6.07, 6.45) is 0.950. The number of hydrogen-bond acceptors (Lipinski definition) is 2. The average Bonchev–Trinajstić information content (AvgIpc) is 2.97. The number of carbonyl (C=O) groups excluding carboxylic acids is 1. The zero-order valence-electron chi connectivity index (χ0n) is 11.4. The summed E-state index contributed by atoms with van der Waals surface area (Å²) in [6.45, 7) is 8.38. The van der Waals surface area contributed by atoms with Gasteiger partial charge in [-0.2, -0.15) is 0 Å². The number of aromatic hydroxyl groups is 1. The van der Waals surface area contributed by atoms with Gasteiger partial charge in [0.25, 0.3) is 0 Å². The lowest BCUT2D eigenvalue weighted by atomic mass is 9.87. The Morgan fingerprint density at radius 3 is 2.50 bits per heavy atom. The van der Waals surface area contributed by atoms with Gasteiger partial charge in [0.1, 0.15) is 5.75 Å². The van der Waals surface area contributed by atoms with Gasteiger partial charge in [-0.15, -0.1) is 0 Å². The van der Waals surface area contributed by atoms with Crippen molar-refractivity contribution >= 4 is 11.6 Å². The Kier molecular flexibility index (Phi) is 3.09. The van der Waals surface area contributed by atoms with Crippen LogP contribution in [0.2, 0.25) is 0 Å². The number of phenolic OH excluding ortho intramolecular Hbond substituents is 1. The van der Waals surface area contributed by atoms with Crippen molar-refractivity contribution in [3.63, 3.8) is 0 Å². The topological polar surface area (TPSA) is 49.3 Å². The van der Waals surface area contributed by atoms with E-state index in [0.717, 1.165) is 12.0 Å². The molecule has 0 bridgehead atoms. The van der Waals surface area contributed by atoms with Gasteiger partial charge in [-0.05, 0) is 35.4 Å². The standard InChI is InChI=1S/C15H21NO2/c1-9-7-11(9)14(18)16-12-8-10(15(2,3)4)5-6-13(12)17/h5-6,8-9,11,17H,7H2,1-4H3,(H,16,18)/t9-,11+/m1/s1. The normalized spacial score (nSPS) is 22.7. The zero-order valence-corrected chi connectivity index (χ0v) is 11.4. The molecule has 2 atom stereocenters. The molecule has 98 valence electrons. The monoisotopic (exact) mass is 247 g/mol. The number of phenols is 1. The van der Waals surface area contributed by atoms with Crippen molar-refractivity contribution in [2.45, 2.75) is 39.5 Å². The minimum absolute atomic E-state index is 0.0000496. The van der Waals surface area contributed by atoms with Gasteiger partial charge < -0.3 is 10.4 Å². The maximum atomic E-state index is 11.9. The van der Waals surface area contributed by atoms with E-state index in [9.17, 15) is 9.90 Å². The quantitative estimate of drug-likeness (QED) is 0.788. The molecule has 0 spiro atoms. The van der Waals surface area contributed by atoms with E-state index in [1.165, 1.54) is 0 Å². The molecule has 3 nitrogen and oxygen atoms in total. The zero-order chi connectivity index (χ0) is 13.5. The fourth-order valence-corrected chi connectivity index (χ4v) is 2.02. The number of benzene rings is 1. The molecule has 1 aromatic rings. The van der Waals surface area contributed by atoms with E-state index in [2.05, 4.69) is 33.0 Å². The molecule has 1 aliphatic carbocycles. The fourth-order valence-electron chi connectivity index (χ4n) is 2.02. The van der Waals surface area contributed by atoms with E-state index in [-0.39, 0.29) is 23.0 Å². The Bertz CT molecular complexity index is 474. The average molecular weight is 247 g/mol. The van der Waals surface area contributed by atoms with Crippen LogP contribution in [0, 0.1) is 11.8 Å².